The van der Waals surface area contributed by atoms with Crippen molar-refractivity contribution in [3.8, 4) is 0 Å². The SMILES string of the molecule is Cc1c(Br)cc(CO)cc1S(=O)(=O)N1CCS(=O)(=O)CC1. The van der Waals surface area contributed by atoms with E-state index in [9.17, 15) is 21.9 Å². The van der Waals surface area contributed by atoms with Crippen molar-refractivity contribution < 1.29 is 21.9 Å². The third kappa shape index (κ3) is 3.48. The number of nitrogens with zero attached hydrogens (tertiary/aromatic N) is 1. The van der Waals surface area contributed by atoms with Gasteiger partial charge in [0.15, 0.2) is 9.84 Å². The third-order valence-corrected chi connectivity index (χ3v) is 7.92. The first-order valence-corrected chi connectivity index (χ1v) is 10.3. The van der Waals surface area contributed by atoms with Crippen LogP contribution in [0.15, 0.2) is 21.5 Å². The fraction of sp³-hybridized carbons (Fsp3) is 0.500. The monoisotopic (exact) mass is 397 g/mol. The van der Waals surface area contributed by atoms with E-state index in [1.165, 1.54) is 10.4 Å². The predicted octanol–water partition coefficient (Wildman–Crippen LogP) is 0.669. The number of sulfone groups is 1. The number of rotatable bonds is 3. The maximum absolute atomic E-state index is 12.7. The zero-order valence-corrected chi connectivity index (χ0v) is 14.6. The number of hydrogen-bond acceptors (Lipinski definition) is 5. The maximum Gasteiger partial charge on any atom is 0.243 e. The van der Waals surface area contributed by atoms with E-state index < -0.39 is 19.9 Å². The molecule has 21 heavy (non-hydrogen) atoms. The van der Waals surface area contributed by atoms with Crippen molar-refractivity contribution in [3.05, 3.63) is 27.7 Å². The molecule has 0 aliphatic carbocycles. The molecular formula is C12H16BrNO5S2. The second-order valence-electron chi connectivity index (χ2n) is 4.91. The largest absolute Gasteiger partial charge is 0.392 e. The fourth-order valence-electron chi connectivity index (χ4n) is 2.14. The smallest absolute Gasteiger partial charge is 0.243 e. The summed E-state index contributed by atoms with van der Waals surface area (Å²) in [5.74, 6) is -0.321. The predicted molar refractivity (Wildman–Crippen MR) is 82.2 cm³/mol. The van der Waals surface area contributed by atoms with Crippen LogP contribution in [-0.2, 0) is 26.5 Å². The van der Waals surface area contributed by atoms with Gasteiger partial charge in [-0.05, 0) is 30.2 Å². The van der Waals surface area contributed by atoms with Crippen LogP contribution in [0.5, 0.6) is 0 Å². The summed E-state index contributed by atoms with van der Waals surface area (Å²) >= 11 is 3.28. The average molecular weight is 398 g/mol. The van der Waals surface area contributed by atoms with Crippen LogP contribution >= 0.6 is 15.9 Å². The van der Waals surface area contributed by atoms with Crippen LogP contribution in [0, 0.1) is 6.92 Å². The zero-order valence-electron chi connectivity index (χ0n) is 11.4. The van der Waals surface area contributed by atoms with Crippen LogP contribution in [0.3, 0.4) is 0 Å². The van der Waals surface area contributed by atoms with E-state index >= 15 is 0 Å². The molecule has 0 aromatic heterocycles. The van der Waals surface area contributed by atoms with Crippen molar-refractivity contribution in [1.82, 2.24) is 4.31 Å². The standard InChI is InChI=1S/C12H16BrNO5S2/c1-9-11(13)6-10(8-15)7-12(9)21(18,19)14-2-4-20(16,17)5-3-14/h6-7,15H,2-5,8H2,1H3. The van der Waals surface area contributed by atoms with Crippen LogP contribution in [0.1, 0.15) is 11.1 Å². The molecule has 0 bridgehead atoms. The van der Waals surface area contributed by atoms with Crippen molar-refractivity contribution in [2.45, 2.75) is 18.4 Å². The molecule has 1 fully saturated rings. The number of halogens is 1. The van der Waals surface area contributed by atoms with Gasteiger partial charge in [0.25, 0.3) is 0 Å². The number of sulfonamides is 1. The topological polar surface area (TPSA) is 91.8 Å². The lowest BCUT2D eigenvalue weighted by Gasteiger charge is -2.27. The second-order valence-corrected chi connectivity index (χ2v) is 9.98. The Labute approximate surface area is 132 Å². The molecular weight excluding hydrogens is 382 g/mol. The first-order valence-electron chi connectivity index (χ1n) is 6.28. The Bertz CT molecular complexity index is 744. The second kappa shape index (κ2) is 5.96. The Morgan fingerprint density at radius 1 is 1.29 bits per heavy atom. The van der Waals surface area contributed by atoms with Crippen LogP contribution in [0.25, 0.3) is 0 Å². The lowest BCUT2D eigenvalue weighted by atomic mass is 10.2. The molecule has 1 aromatic carbocycles. The van der Waals surface area contributed by atoms with Crippen LogP contribution < -0.4 is 0 Å². The Hall–Kier alpha value is -0.480. The Balaban J connectivity index is 2.43. The molecule has 1 aromatic rings. The molecule has 0 unspecified atom stereocenters. The summed E-state index contributed by atoms with van der Waals surface area (Å²) < 4.78 is 50.0. The Kier molecular flexibility index (Phi) is 4.79. The molecule has 0 saturated carbocycles. The molecule has 1 N–H and O–H groups in total. The quantitative estimate of drug-likeness (QED) is 0.808. The summed E-state index contributed by atoms with van der Waals surface area (Å²) in [6.07, 6.45) is 0. The molecule has 0 radical (unpaired) electrons. The number of benzene rings is 1. The minimum Gasteiger partial charge on any atom is -0.392 e. The average Bonchev–Trinajstić information content (AvgIpc) is 2.41. The number of aliphatic hydroxyl groups is 1. The van der Waals surface area contributed by atoms with E-state index in [1.54, 1.807) is 13.0 Å². The number of hydrogen-bond donors (Lipinski definition) is 1. The van der Waals surface area contributed by atoms with Gasteiger partial charge in [0, 0.05) is 17.6 Å². The molecule has 1 heterocycles. The lowest BCUT2D eigenvalue weighted by molar-refractivity contribution is 0.281. The van der Waals surface area contributed by atoms with Crippen molar-refractivity contribution in [2.75, 3.05) is 24.6 Å². The van der Waals surface area contributed by atoms with Gasteiger partial charge in [0.1, 0.15) is 0 Å². The summed E-state index contributed by atoms with van der Waals surface area (Å²) in [7, 11) is -6.91. The highest BCUT2D eigenvalue weighted by Crippen LogP contribution is 2.28. The molecule has 1 aliphatic heterocycles. The molecule has 2 rings (SSSR count). The van der Waals surface area contributed by atoms with E-state index in [-0.39, 0.29) is 36.1 Å². The van der Waals surface area contributed by atoms with Gasteiger partial charge in [-0.25, -0.2) is 16.8 Å². The zero-order chi connectivity index (χ0) is 15.8. The van der Waals surface area contributed by atoms with Crippen molar-refractivity contribution in [1.29, 1.82) is 0 Å². The summed E-state index contributed by atoms with van der Waals surface area (Å²) in [6.45, 7) is 1.32. The van der Waals surface area contributed by atoms with Gasteiger partial charge in [0.05, 0.1) is 23.0 Å². The first-order chi connectivity index (χ1) is 9.67. The summed E-state index contributed by atoms with van der Waals surface area (Å²) in [6, 6.07) is 3.09. The molecule has 1 saturated heterocycles. The molecule has 0 atom stereocenters. The minimum absolute atomic E-state index is 0.0366. The van der Waals surface area contributed by atoms with Crippen LogP contribution in [0.4, 0.5) is 0 Å². The van der Waals surface area contributed by atoms with Gasteiger partial charge in [-0.15, -0.1) is 0 Å². The van der Waals surface area contributed by atoms with E-state index in [2.05, 4.69) is 15.9 Å². The molecule has 9 heteroatoms. The van der Waals surface area contributed by atoms with E-state index in [4.69, 9.17) is 0 Å². The van der Waals surface area contributed by atoms with Crippen LogP contribution in [-0.4, -0.2) is 50.8 Å². The third-order valence-electron chi connectivity index (χ3n) is 3.46. The van der Waals surface area contributed by atoms with E-state index in [0.717, 1.165) is 0 Å². The van der Waals surface area contributed by atoms with Gasteiger partial charge in [-0.2, -0.15) is 4.31 Å². The van der Waals surface area contributed by atoms with Gasteiger partial charge >= 0.3 is 0 Å². The van der Waals surface area contributed by atoms with Gasteiger partial charge < -0.3 is 5.11 Å². The number of aliphatic hydroxyl groups excluding tert-OH is 1. The minimum atomic E-state index is -3.77. The van der Waals surface area contributed by atoms with Crippen molar-refractivity contribution in [3.63, 3.8) is 0 Å². The van der Waals surface area contributed by atoms with Gasteiger partial charge in [0.2, 0.25) is 10.0 Å². The normalized spacial score (nSPS) is 19.6. The fourth-order valence-corrected chi connectivity index (χ4v) is 5.95. The lowest BCUT2D eigenvalue weighted by Crippen LogP contribution is -2.43. The first kappa shape index (κ1) is 16.9. The highest BCUT2D eigenvalue weighted by Gasteiger charge is 2.32. The molecule has 118 valence electrons. The molecule has 0 spiro atoms. The molecule has 1 aliphatic rings. The Morgan fingerprint density at radius 3 is 2.38 bits per heavy atom. The summed E-state index contributed by atoms with van der Waals surface area (Å²) in [5, 5.41) is 9.21. The summed E-state index contributed by atoms with van der Waals surface area (Å²) in [4.78, 5) is 0.0974. The maximum atomic E-state index is 12.7. The Morgan fingerprint density at radius 2 is 1.86 bits per heavy atom. The molecule has 6 nitrogen and oxygen atoms in total. The van der Waals surface area contributed by atoms with E-state index in [1.807, 2.05) is 0 Å². The van der Waals surface area contributed by atoms with Gasteiger partial charge in [-0.3, -0.25) is 0 Å². The van der Waals surface area contributed by atoms with Crippen molar-refractivity contribution >= 4 is 35.8 Å². The highest BCUT2D eigenvalue weighted by molar-refractivity contribution is 9.10. The summed E-state index contributed by atoms with van der Waals surface area (Å²) in [5.41, 5.74) is 1.02. The highest BCUT2D eigenvalue weighted by atomic mass is 79.9. The van der Waals surface area contributed by atoms with Crippen molar-refractivity contribution in [2.24, 2.45) is 0 Å². The van der Waals surface area contributed by atoms with E-state index in [0.29, 0.717) is 15.6 Å². The van der Waals surface area contributed by atoms with Crippen LogP contribution in [0.2, 0.25) is 0 Å². The van der Waals surface area contributed by atoms with Gasteiger partial charge in [-0.1, -0.05) is 15.9 Å². The molecule has 0 amide bonds.